The smallest absolute Gasteiger partial charge is 0.255 e. The molecule has 2 amide bonds. The third-order valence-corrected chi connectivity index (χ3v) is 9.01. The second-order valence-electron chi connectivity index (χ2n) is 11.1. The molecule has 0 aromatic heterocycles. The molecule has 14 nitrogen and oxygen atoms in total. The SMILES string of the molecule is CS(=O)(=O)N[C@@H]1C(=O)C(C(N)=O)=C(O)[C@@]2(O)C(=O)C3=C(O)c4c(O)c(NC(=O)CN5CCCC5)cc(F)c4C[C@H]3C[C@@H]12. The number of hydrogen-bond donors (Lipinski definition) is 7. The zero-order valence-electron chi connectivity index (χ0n) is 22.3. The fourth-order valence-corrected chi connectivity index (χ4v) is 7.23. The Morgan fingerprint density at radius 1 is 1.19 bits per heavy atom. The third kappa shape index (κ3) is 4.63. The van der Waals surface area contributed by atoms with Crippen molar-refractivity contribution in [3.05, 3.63) is 39.9 Å². The second kappa shape index (κ2) is 10.1. The predicted molar refractivity (Wildman–Crippen MR) is 143 cm³/mol. The summed E-state index contributed by atoms with van der Waals surface area (Å²) in [6.07, 6.45) is 1.74. The lowest BCUT2D eigenvalue weighted by molar-refractivity contribution is -0.149. The van der Waals surface area contributed by atoms with Crippen molar-refractivity contribution in [2.45, 2.75) is 37.3 Å². The van der Waals surface area contributed by atoms with Gasteiger partial charge in [0.25, 0.3) is 5.91 Å². The summed E-state index contributed by atoms with van der Waals surface area (Å²) in [6, 6.07) is -1.05. The Bertz CT molecular complexity index is 1610. The first kappa shape index (κ1) is 29.6. The van der Waals surface area contributed by atoms with Crippen molar-refractivity contribution in [1.29, 1.82) is 0 Å². The molecule has 8 N–H and O–H groups in total. The van der Waals surface area contributed by atoms with Gasteiger partial charge in [-0.2, -0.15) is 0 Å². The predicted octanol–water partition coefficient (Wildman–Crippen LogP) is -0.875. The van der Waals surface area contributed by atoms with E-state index in [-0.39, 0.29) is 24.2 Å². The van der Waals surface area contributed by atoms with E-state index in [9.17, 15) is 48.0 Å². The maximum atomic E-state index is 15.4. The average Bonchev–Trinajstić information content (AvgIpc) is 3.39. The van der Waals surface area contributed by atoms with Crippen LogP contribution >= 0.6 is 0 Å². The van der Waals surface area contributed by atoms with E-state index >= 15 is 4.39 Å². The summed E-state index contributed by atoms with van der Waals surface area (Å²) in [4.78, 5) is 53.3. The number of amides is 2. The minimum atomic E-state index is -4.18. The number of aromatic hydroxyl groups is 1. The van der Waals surface area contributed by atoms with Gasteiger partial charge in [0.1, 0.15) is 22.9 Å². The fourth-order valence-electron chi connectivity index (χ4n) is 6.49. The molecule has 42 heavy (non-hydrogen) atoms. The summed E-state index contributed by atoms with van der Waals surface area (Å²) in [6.45, 7) is 1.38. The molecule has 4 atom stereocenters. The molecule has 1 saturated heterocycles. The molecule has 5 rings (SSSR count). The fraction of sp³-hybridized carbons (Fsp3) is 0.462. The first-order valence-corrected chi connectivity index (χ1v) is 15.0. The van der Waals surface area contributed by atoms with Crippen LogP contribution in [-0.4, -0.2) is 94.7 Å². The molecule has 0 spiro atoms. The van der Waals surface area contributed by atoms with Crippen LogP contribution in [0, 0.1) is 17.7 Å². The number of likely N-dealkylation sites (tertiary alicyclic amines) is 1. The molecule has 2 fully saturated rings. The number of hydrogen-bond acceptors (Lipinski definition) is 11. The van der Waals surface area contributed by atoms with Crippen LogP contribution in [0.3, 0.4) is 0 Å². The molecule has 226 valence electrons. The number of carbonyl (C=O) groups excluding carboxylic acids is 4. The molecule has 0 bridgehead atoms. The van der Waals surface area contributed by atoms with Gasteiger partial charge in [0.05, 0.1) is 30.1 Å². The molecular formula is C26H29FN4O10S. The lowest BCUT2D eigenvalue weighted by atomic mass is 9.58. The quantitative estimate of drug-likeness (QED) is 0.155. The highest BCUT2D eigenvalue weighted by Crippen LogP contribution is 2.53. The molecule has 3 aliphatic carbocycles. The Morgan fingerprint density at radius 3 is 2.43 bits per heavy atom. The van der Waals surface area contributed by atoms with Crippen LogP contribution in [0.5, 0.6) is 5.75 Å². The molecule has 1 heterocycles. The summed E-state index contributed by atoms with van der Waals surface area (Å²) in [5, 5.41) is 47.0. The largest absolute Gasteiger partial charge is 0.508 e. The highest BCUT2D eigenvalue weighted by molar-refractivity contribution is 7.88. The average molecular weight is 609 g/mol. The molecule has 4 aliphatic rings. The van der Waals surface area contributed by atoms with Crippen LogP contribution in [0.2, 0.25) is 0 Å². The van der Waals surface area contributed by atoms with Gasteiger partial charge in [-0.05, 0) is 44.7 Å². The number of anilines is 1. The van der Waals surface area contributed by atoms with E-state index in [0.29, 0.717) is 19.3 Å². The van der Waals surface area contributed by atoms with Crippen molar-refractivity contribution in [1.82, 2.24) is 9.62 Å². The van der Waals surface area contributed by atoms with Gasteiger partial charge in [0.2, 0.25) is 21.7 Å². The Hall–Kier alpha value is -3.86. The monoisotopic (exact) mass is 608 g/mol. The normalized spacial score (nSPS) is 27.9. The topological polar surface area (TPSA) is 237 Å². The van der Waals surface area contributed by atoms with Crippen LogP contribution in [0.1, 0.15) is 30.4 Å². The number of phenols is 1. The minimum Gasteiger partial charge on any atom is -0.508 e. The zero-order valence-corrected chi connectivity index (χ0v) is 23.1. The van der Waals surface area contributed by atoms with Gasteiger partial charge in [-0.15, -0.1) is 0 Å². The van der Waals surface area contributed by atoms with E-state index in [0.717, 1.165) is 18.9 Å². The van der Waals surface area contributed by atoms with E-state index < -0.39 is 103 Å². The molecule has 1 aromatic carbocycles. The van der Waals surface area contributed by atoms with Crippen LogP contribution in [0.25, 0.3) is 5.76 Å². The van der Waals surface area contributed by atoms with Gasteiger partial charge in [-0.3, -0.25) is 24.1 Å². The van der Waals surface area contributed by atoms with E-state index in [2.05, 4.69) is 5.32 Å². The number of fused-ring (bicyclic) bond motifs is 3. The van der Waals surface area contributed by atoms with Gasteiger partial charge in [0, 0.05) is 23.1 Å². The molecule has 1 aromatic rings. The lowest BCUT2D eigenvalue weighted by Gasteiger charge is -2.48. The minimum absolute atomic E-state index is 0.0184. The number of sulfonamides is 1. The summed E-state index contributed by atoms with van der Waals surface area (Å²) < 4.78 is 41.5. The number of ketones is 2. The number of nitrogens with one attached hydrogen (secondary N) is 2. The van der Waals surface area contributed by atoms with Gasteiger partial charge in [-0.25, -0.2) is 17.5 Å². The van der Waals surface area contributed by atoms with Crippen LogP contribution in [-0.2, 0) is 35.6 Å². The van der Waals surface area contributed by atoms with E-state index in [1.807, 2.05) is 9.62 Å². The van der Waals surface area contributed by atoms with Gasteiger partial charge < -0.3 is 31.5 Å². The number of aliphatic hydroxyl groups excluding tert-OH is 2. The second-order valence-corrected chi connectivity index (χ2v) is 12.8. The summed E-state index contributed by atoms with van der Waals surface area (Å²) >= 11 is 0. The number of nitrogens with zero attached hydrogens (tertiary/aromatic N) is 1. The maximum Gasteiger partial charge on any atom is 0.255 e. The highest BCUT2D eigenvalue weighted by Gasteiger charge is 2.64. The Kier molecular flexibility index (Phi) is 7.16. The number of carbonyl (C=O) groups is 4. The molecule has 16 heteroatoms. The summed E-state index contributed by atoms with van der Waals surface area (Å²) in [5.74, 6) is -11.6. The number of halogens is 1. The van der Waals surface area contributed by atoms with Gasteiger partial charge in [0.15, 0.2) is 17.1 Å². The van der Waals surface area contributed by atoms with E-state index in [1.165, 1.54) is 0 Å². The number of rotatable bonds is 6. The standard InChI is InChI=1S/C26H29FN4O10S/c1-42(40,41)30-19-12-7-10-6-11-13(27)8-14(29-15(32)9-31-4-2-3-5-31)20(33)17(11)21(34)16(10)23(36)26(12,39)24(37)18(22(19)35)25(28)38/h8,10,12,19,30,33-34,37,39H,2-7,9H2,1H3,(H2,28,38)(H,29,32)/t10-,12-,19-,26-/m0/s1. The van der Waals surface area contributed by atoms with E-state index in [1.54, 1.807) is 0 Å². The van der Waals surface area contributed by atoms with Gasteiger partial charge in [-0.1, -0.05) is 0 Å². The van der Waals surface area contributed by atoms with Crippen molar-refractivity contribution < 1.29 is 52.4 Å². The number of Topliss-reactive ketones (excluding diaryl/α,β-unsaturated/α-hetero) is 2. The number of primary amides is 1. The summed E-state index contributed by atoms with van der Waals surface area (Å²) in [5.41, 5.74) is -0.762. The first-order valence-electron chi connectivity index (χ1n) is 13.1. The highest BCUT2D eigenvalue weighted by atomic mass is 32.2. The Morgan fingerprint density at radius 2 is 1.83 bits per heavy atom. The molecular weight excluding hydrogens is 579 g/mol. The van der Waals surface area contributed by atoms with Crippen LogP contribution in [0.15, 0.2) is 23.0 Å². The molecule has 0 radical (unpaired) electrons. The lowest BCUT2D eigenvalue weighted by Crippen LogP contribution is -2.66. The number of benzene rings is 1. The Labute approximate surface area is 238 Å². The first-order chi connectivity index (χ1) is 19.6. The maximum absolute atomic E-state index is 15.4. The Balaban J connectivity index is 1.60. The molecule has 1 aliphatic heterocycles. The number of nitrogens with two attached hydrogens (primary N) is 1. The van der Waals surface area contributed by atoms with Crippen molar-refractivity contribution in [2.24, 2.45) is 17.6 Å². The van der Waals surface area contributed by atoms with Crippen molar-refractivity contribution in [2.75, 3.05) is 31.2 Å². The van der Waals surface area contributed by atoms with Crippen LogP contribution in [0.4, 0.5) is 10.1 Å². The molecule has 1 saturated carbocycles. The van der Waals surface area contributed by atoms with E-state index in [4.69, 9.17) is 5.73 Å². The zero-order chi connectivity index (χ0) is 30.9. The molecule has 0 unspecified atom stereocenters. The van der Waals surface area contributed by atoms with Gasteiger partial charge >= 0.3 is 0 Å². The van der Waals surface area contributed by atoms with Crippen molar-refractivity contribution >= 4 is 44.9 Å². The number of phenolic OH excluding ortho intramolecular Hbond substituents is 1. The van der Waals surface area contributed by atoms with Crippen molar-refractivity contribution in [3.8, 4) is 5.75 Å². The van der Waals surface area contributed by atoms with Crippen molar-refractivity contribution in [3.63, 3.8) is 0 Å². The third-order valence-electron chi connectivity index (χ3n) is 8.33. The van der Waals surface area contributed by atoms with Crippen LogP contribution < -0.4 is 15.8 Å². The summed E-state index contributed by atoms with van der Waals surface area (Å²) in [7, 11) is -4.18. The number of aliphatic hydroxyl groups is 3.